The third kappa shape index (κ3) is 2.02. The second-order valence-corrected chi connectivity index (χ2v) is 3.78. The molecule has 4 heteroatoms. The van der Waals surface area contributed by atoms with E-state index in [2.05, 4.69) is 17.3 Å². The van der Waals surface area contributed by atoms with Crippen molar-refractivity contribution in [1.29, 1.82) is 0 Å². The molecule has 0 saturated heterocycles. The first kappa shape index (κ1) is 11.0. The highest BCUT2D eigenvalue weighted by molar-refractivity contribution is 5.59. The molecule has 0 amide bonds. The summed E-state index contributed by atoms with van der Waals surface area (Å²) in [6, 6.07) is 3.99. The predicted molar refractivity (Wildman–Crippen MR) is 63.1 cm³/mol. The molecule has 0 unspecified atom stereocenters. The molecule has 0 aliphatic rings. The Bertz CT molecular complexity index is 470. The highest BCUT2D eigenvalue weighted by atomic mass is 16.3. The van der Waals surface area contributed by atoms with E-state index in [0.717, 1.165) is 35.9 Å². The molecular weight excluding hydrogens is 202 g/mol. The van der Waals surface area contributed by atoms with Crippen LogP contribution < -0.4 is 5.32 Å². The summed E-state index contributed by atoms with van der Waals surface area (Å²) in [5.74, 6) is 1.84. The van der Waals surface area contributed by atoms with Gasteiger partial charge in [0, 0.05) is 12.7 Å². The Kier molecular flexibility index (Phi) is 3.10. The standard InChI is InChI=1S/C12H17N3O/c1-4-15-8-11(9(2)14-15)12-6-5-10(16-12)7-13-3/h5-6,8,13H,4,7H2,1-3H3. The summed E-state index contributed by atoms with van der Waals surface area (Å²) in [7, 11) is 1.91. The molecule has 0 saturated carbocycles. The first-order valence-electron chi connectivity index (χ1n) is 5.52. The lowest BCUT2D eigenvalue weighted by atomic mass is 10.2. The zero-order valence-electron chi connectivity index (χ0n) is 9.95. The molecular formula is C12H17N3O. The molecule has 86 valence electrons. The van der Waals surface area contributed by atoms with Crippen LogP contribution in [0.2, 0.25) is 0 Å². The van der Waals surface area contributed by atoms with Crippen LogP contribution in [0.3, 0.4) is 0 Å². The molecule has 0 spiro atoms. The average molecular weight is 219 g/mol. The second-order valence-electron chi connectivity index (χ2n) is 3.78. The lowest BCUT2D eigenvalue weighted by Crippen LogP contribution is -2.03. The van der Waals surface area contributed by atoms with Crippen molar-refractivity contribution in [2.24, 2.45) is 0 Å². The molecule has 16 heavy (non-hydrogen) atoms. The summed E-state index contributed by atoms with van der Waals surface area (Å²) in [6.07, 6.45) is 2.03. The molecule has 2 rings (SSSR count). The van der Waals surface area contributed by atoms with Crippen molar-refractivity contribution in [3.05, 3.63) is 29.8 Å². The van der Waals surface area contributed by atoms with E-state index in [4.69, 9.17) is 4.42 Å². The second kappa shape index (κ2) is 4.53. The van der Waals surface area contributed by atoms with Crippen LogP contribution in [0.15, 0.2) is 22.7 Å². The van der Waals surface area contributed by atoms with E-state index in [1.54, 1.807) is 0 Å². The summed E-state index contributed by atoms with van der Waals surface area (Å²) in [4.78, 5) is 0. The highest BCUT2D eigenvalue weighted by Crippen LogP contribution is 2.24. The zero-order chi connectivity index (χ0) is 11.5. The Morgan fingerprint density at radius 3 is 2.88 bits per heavy atom. The fourth-order valence-electron chi connectivity index (χ4n) is 1.71. The van der Waals surface area contributed by atoms with E-state index in [0.29, 0.717) is 0 Å². The lowest BCUT2D eigenvalue weighted by molar-refractivity contribution is 0.507. The van der Waals surface area contributed by atoms with E-state index in [9.17, 15) is 0 Å². The quantitative estimate of drug-likeness (QED) is 0.857. The van der Waals surface area contributed by atoms with Crippen LogP contribution in [-0.2, 0) is 13.1 Å². The summed E-state index contributed by atoms with van der Waals surface area (Å²) >= 11 is 0. The first-order chi connectivity index (χ1) is 7.74. The number of hydrogen-bond acceptors (Lipinski definition) is 3. The molecule has 1 N–H and O–H groups in total. The summed E-state index contributed by atoms with van der Waals surface area (Å²) in [6.45, 7) is 5.71. The summed E-state index contributed by atoms with van der Waals surface area (Å²) < 4.78 is 7.65. The Morgan fingerprint density at radius 2 is 2.25 bits per heavy atom. The monoisotopic (exact) mass is 219 g/mol. The van der Waals surface area contributed by atoms with Gasteiger partial charge in [-0.25, -0.2) is 0 Å². The lowest BCUT2D eigenvalue weighted by Gasteiger charge is -1.94. The average Bonchev–Trinajstić information content (AvgIpc) is 2.85. The van der Waals surface area contributed by atoms with Gasteiger partial charge in [-0.1, -0.05) is 0 Å². The van der Waals surface area contributed by atoms with Gasteiger partial charge in [0.1, 0.15) is 11.5 Å². The third-order valence-corrected chi connectivity index (χ3v) is 2.55. The van der Waals surface area contributed by atoms with Crippen molar-refractivity contribution >= 4 is 0 Å². The highest BCUT2D eigenvalue weighted by Gasteiger charge is 2.10. The van der Waals surface area contributed by atoms with Crippen LogP contribution >= 0.6 is 0 Å². The van der Waals surface area contributed by atoms with Gasteiger partial charge in [0.2, 0.25) is 0 Å². The Labute approximate surface area is 95.3 Å². The Balaban J connectivity index is 2.30. The van der Waals surface area contributed by atoms with E-state index >= 15 is 0 Å². The fourth-order valence-corrected chi connectivity index (χ4v) is 1.71. The molecule has 0 radical (unpaired) electrons. The van der Waals surface area contributed by atoms with Crippen LogP contribution in [0.5, 0.6) is 0 Å². The topological polar surface area (TPSA) is 43.0 Å². The van der Waals surface area contributed by atoms with Crippen molar-refractivity contribution in [1.82, 2.24) is 15.1 Å². The van der Waals surface area contributed by atoms with Crippen LogP contribution in [0, 0.1) is 6.92 Å². The first-order valence-corrected chi connectivity index (χ1v) is 5.52. The summed E-state index contributed by atoms with van der Waals surface area (Å²) in [5.41, 5.74) is 2.08. The normalized spacial score (nSPS) is 10.9. The van der Waals surface area contributed by atoms with Gasteiger partial charge in [-0.2, -0.15) is 5.10 Å². The van der Waals surface area contributed by atoms with E-state index < -0.39 is 0 Å². The molecule has 0 aromatic carbocycles. The minimum absolute atomic E-state index is 0.751. The van der Waals surface area contributed by atoms with Gasteiger partial charge >= 0.3 is 0 Å². The minimum Gasteiger partial charge on any atom is -0.460 e. The number of aryl methyl sites for hydroxylation is 2. The molecule has 0 bridgehead atoms. The van der Waals surface area contributed by atoms with E-state index in [-0.39, 0.29) is 0 Å². The van der Waals surface area contributed by atoms with Crippen LogP contribution in [0.25, 0.3) is 11.3 Å². The molecule has 2 aromatic rings. The van der Waals surface area contributed by atoms with Crippen molar-refractivity contribution in [2.45, 2.75) is 26.9 Å². The predicted octanol–water partition coefficient (Wildman–Crippen LogP) is 2.19. The van der Waals surface area contributed by atoms with E-state index in [1.807, 2.05) is 37.0 Å². The van der Waals surface area contributed by atoms with Gasteiger partial charge in [0.25, 0.3) is 0 Å². The minimum atomic E-state index is 0.751. The molecule has 4 nitrogen and oxygen atoms in total. The molecule has 0 aliphatic carbocycles. The van der Waals surface area contributed by atoms with Gasteiger partial charge in [0.15, 0.2) is 0 Å². The maximum atomic E-state index is 5.73. The van der Waals surface area contributed by atoms with Crippen LogP contribution in [0.4, 0.5) is 0 Å². The largest absolute Gasteiger partial charge is 0.460 e. The van der Waals surface area contributed by atoms with Crippen LogP contribution in [-0.4, -0.2) is 16.8 Å². The molecule has 2 aromatic heterocycles. The van der Waals surface area contributed by atoms with Gasteiger partial charge in [-0.05, 0) is 33.0 Å². The number of nitrogens with one attached hydrogen (secondary N) is 1. The van der Waals surface area contributed by atoms with Gasteiger partial charge in [-0.3, -0.25) is 4.68 Å². The molecule has 0 aliphatic heterocycles. The third-order valence-electron chi connectivity index (χ3n) is 2.55. The molecule has 0 fully saturated rings. The SMILES string of the molecule is CCn1cc(-c2ccc(CNC)o2)c(C)n1. The van der Waals surface area contributed by atoms with Crippen molar-refractivity contribution < 1.29 is 4.42 Å². The fraction of sp³-hybridized carbons (Fsp3) is 0.417. The van der Waals surface area contributed by atoms with Gasteiger partial charge in [0.05, 0.1) is 17.8 Å². The van der Waals surface area contributed by atoms with Crippen molar-refractivity contribution in [3.63, 3.8) is 0 Å². The van der Waals surface area contributed by atoms with E-state index in [1.165, 1.54) is 0 Å². The molecule has 0 atom stereocenters. The Morgan fingerprint density at radius 1 is 1.44 bits per heavy atom. The van der Waals surface area contributed by atoms with Crippen LogP contribution in [0.1, 0.15) is 18.4 Å². The zero-order valence-corrected chi connectivity index (χ0v) is 9.95. The van der Waals surface area contributed by atoms with Gasteiger partial charge < -0.3 is 9.73 Å². The maximum absolute atomic E-state index is 5.73. The number of aromatic nitrogens is 2. The molecule has 2 heterocycles. The van der Waals surface area contributed by atoms with Gasteiger partial charge in [-0.15, -0.1) is 0 Å². The maximum Gasteiger partial charge on any atom is 0.137 e. The summed E-state index contributed by atoms with van der Waals surface area (Å²) in [5, 5.41) is 7.47. The number of furan rings is 1. The van der Waals surface area contributed by atoms with Crippen molar-refractivity contribution in [2.75, 3.05) is 7.05 Å². The van der Waals surface area contributed by atoms with Crippen molar-refractivity contribution in [3.8, 4) is 11.3 Å². The smallest absolute Gasteiger partial charge is 0.137 e. The Hall–Kier alpha value is -1.55. The number of rotatable bonds is 4. The number of hydrogen-bond donors (Lipinski definition) is 1. The number of nitrogens with zero attached hydrogens (tertiary/aromatic N) is 2.